The van der Waals surface area contributed by atoms with E-state index in [1.807, 2.05) is 0 Å². The van der Waals surface area contributed by atoms with Crippen molar-refractivity contribution < 1.29 is 9.47 Å². The van der Waals surface area contributed by atoms with Gasteiger partial charge in [-0.25, -0.2) is 4.98 Å². The Morgan fingerprint density at radius 3 is 2.89 bits per heavy atom. The molecule has 2 heterocycles. The summed E-state index contributed by atoms with van der Waals surface area (Å²) in [6.45, 7) is 5.23. The van der Waals surface area contributed by atoms with Gasteiger partial charge < -0.3 is 20.1 Å². The van der Waals surface area contributed by atoms with Crippen molar-refractivity contribution in [3.63, 3.8) is 0 Å². The molecule has 0 spiro atoms. The van der Waals surface area contributed by atoms with Gasteiger partial charge in [-0.2, -0.15) is 0 Å². The van der Waals surface area contributed by atoms with Crippen LogP contribution in [0.5, 0.6) is 0 Å². The fourth-order valence-electron chi connectivity index (χ4n) is 2.43. The molecule has 108 valence electrons. The molecule has 1 aromatic rings. The molecular formula is C13H23N3O2S. The number of ether oxygens (including phenoxy) is 2. The van der Waals surface area contributed by atoms with E-state index in [1.54, 1.807) is 25.6 Å². The van der Waals surface area contributed by atoms with Crippen molar-refractivity contribution in [2.75, 3.05) is 32.2 Å². The summed E-state index contributed by atoms with van der Waals surface area (Å²) >= 11 is 1.67. The van der Waals surface area contributed by atoms with E-state index in [1.165, 1.54) is 0 Å². The van der Waals surface area contributed by atoms with Crippen molar-refractivity contribution in [3.8, 4) is 0 Å². The number of thiazole rings is 1. The molecule has 2 rings (SSSR count). The minimum atomic E-state index is 0.282. The van der Waals surface area contributed by atoms with Crippen molar-refractivity contribution in [2.45, 2.75) is 32.6 Å². The van der Waals surface area contributed by atoms with E-state index in [2.05, 4.69) is 16.8 Å². The van der Waals surface area contributed by atoms with Gasteiger partial charge in [-0.1, -0.05) is 6.92 Å². The quantitative estimate of drug-likeness (QED) is 0.890. The van der Waals surface area contributed by atoms with Crippen LogP contribution in [0.15, 0.2) is 0 Å². The highest BCUT2D eigenvalue weighted by Gasteiger charge is 2.28. The van der Waals surface area contributed by atoms with Crippen molar-refractivity contribution in [1.82, 2.24) is 4.98 Å². The maximum atomic E-state index is 5.77. The second-order valence-electron chi connectivity index (χ2n) is 4.99. The first-order valence-electron chi connectivity index (χ1n) is 6.64. The minimum Gasteiger partial charge on any atom is -0.379 e. The van der Waals surface area contributed by atoms with E-state index in [0.717, 1.165) is 35.2 Å². The lowest BCUT2D eigenvalue weighted by Gasteiger charge is -2.36. The zero-order valence-corrected chi connectivity index (χ0v) is 12.7. The van der Waals surface area contributed by atoms with Crippen molar-refractivity contribution in [2.24, 2.45) is 11.7 Å². The smallest absolute Gasteiger partial charge is 0.186 e. The zero-order chi connectivity index (χ0) is 13.8. The summed E-state index contributed by atoms with van der Waals surface area (Å²) in [5, 5.41) is 1.04. The number of piperidine rings is 1. The number of rotatable bonds is 5. The van der Waals surface area contributed by atoms with Crippen LogP contribution in [-0.2, 0) is 22.6 Å². The number of nitrogens with zero attached hydrogens (tertiary/aromatic N) is 2. The van der Waals surface area contributed by atoms with Gasteiger partial charge in [-0.15, -0.1) is 11.3 Å². The van der Waals surface area contributed by atoms with Gasteiger partial charge in [0.2, 0.25) is 0 Å². The Bertz CT molecular complexity index is 411. The van der Waals surface area contributed by atoms with Gasteiger partial charge >= 0.3 is 0 Å². The summed E-state index contributed by atoms with van der Waals surface area (Å²) in [5.41, 5.74) is 6.74. The Kier molecular flexibility index (Phi) is 5.15. The molecule has 1 aliphatic rings. The van der Waals surface area contributed by atoms with E-state index >= 15 is 0 Å². The topological polar surface area (TPSA) is 60.6 Å². The van der Waals surface area contributed by atoms with Crippen LogP contribution in [0, 0.1) is 5.92 Å². The summed E-state index contributed by atoms with van der Waals surface area (Å²) in [7, 11) is 3.47. The van der Waals surface area contributed by atoms with Gasteiger partial charge in [0.15, 0.2) is 5.13 Å². The number of hydrogen-bond donors (Lipinski definition) is 1. The Hall–Kier alpha value is -0.690. The van der Waals surface area contributed by atoms with E-state index in [0.29, 0.717) is 19.1 Å². The predicted octanol–water partition coefficient (Wildman–Crippen LogP) is 1.61. The number of hydrogen-bond acceptors (Lipinski definition) is 6. The molecule has 19 heavy (non-hydrogen) atoms. The minimum absolute atomic E-state index is 0.282. The van der Waals surface area contributed by atoms with Crippen LogP contribution < -0.4 is 10.6 Å². The monoisotopic (exact) mass is 285 g/mol. The molecule has 1 fully saturated rings. The molecule has 1 aliphatic heterocycles. The Morgan fingerprint density at radius 2 is 2.26 bits per heavy atom. The third-order valence-corrected chi connectivity index (χ3v) is 4.88. The highest BCUT2D eigenvalue weighted by molar-refractivity contribution is 7.15. The van der Waals surface area contributed by atoms with Crippen molar-refractivity contribution in [1.29, 1.82) is 0 Å². The van der Waals surface area contributed by atoms with Crippen LogP contribution in [0.3, 0.4) is 0 Å². The molecule has 0 bridgehead atoms. The number of anilines is 1. The largest absolute Gasteiger partial charge is 0.379 e. The lowest BCUT2D eigenvalue weighted by Crippen LogP contribution is -2.43. The lowest BCUT2D eigenvalue weighted by atomic mass is 9.96. The van der Waals surface area contributed by atoms with Crippen molar-refractivity contribution in [3.05, 3.63) is 10.6 Å². The summed E-state index contributed by atoms with van der Waals surface area (Å²) in [6.07, 6.45) is 1.42. The first-order valence-corrected chi connectivity index (χ1v) is 7.46. The number of methoxy groups -OCH3 is 2. The summed E-state index contributed by atoms with van der Waals surface area (Å²) in [5.74, 6) is 0.605. The van der Waals surface area contributed by atoms with Gasteiger partial charge in [-0.3, -0.25) is 0 Å². The van der Waals surface area contributed by atoms with Crippen molar-refractivity contribution >= 4 is 16.5 Å². The average Bonchev–Trinajstić information content (AvgIpc) is 2.83. The van der Waals surface area contributed by atoms with E-state index < -0.39 is 0 Å². The molecule has 1 aromatic heterocycles. The van der Waals surface area contributed by atoms with Crippen LogP contribution in [-0.4, -0.2) is 38.4 Å². The molecule has 0 saturated carbocycles. The molecule has 2 unspecified atom stereocenters. The molecular weight excluding hydrogens is 262 g/mol. The van der Waals surface area contributed by atoms with Crippen LogP contribution in [0.4, 0.5) is 5.13 Å². The lowest BCUT2D eigenvalue weighted by molar-refractivity contribution is 0.0498. The molecule has 2 atom stereocenters. The molecule has 6 heteroatoms. The fraction of sp³-hybridized carbons (Fsp3) is 0.769. The third kappa shape index (κ3) is 3.25. The number of nitrogens with two attached hydrogens (primary N) is 1. The Morgan fingerprint density at radius 1 is 1.47 bits per heavy atom. The average molecular weight is 285 g/mol. The van der Waals surface area contributed by atoms with Crippen LogP contribution in [0.2, 0.25) is 0 Å². The maximum Gasteiger partial charge on any atom is 0.186 e. The summed E-state index contributed by atoms with van der Waals surface area (Å²) in [6, 6.07) is 0. The second kappa shape index (κ2) is 6.65. The van der Waals surface area contributed by atoms with Gasteiger partial charge in [0.25, 0.3) is 0 Å². The van der Waals surface area contributed by atoms with E-state index in [4.69, 9.17) is 15.2 Å². The Labute approximate surface area is 118 Å². The molecule has 1 saturated heterocycles. The Balaban J connectivity index is 2.13. The van der Waals surface area contributed by atoms with Gasteiger partial charge in [0.1, 0.15) is 0 Å². The standard InChI is InChI=1S/C13H23N3O2S/c1-9-4-5-16(7-11(9)18-3)13-15-10(8-17-2)12(6-14)19-13/h9,11H,4-8,14H2,1-3H3. The highest BCUT2D eigenvalue weighted by Crippen LogP contribution is 2.30. The van der Waals surface area contributed by atoms with Crippen LogP contribution >= 0.6 is 11.3 Å². The first kappa shape index (κ1) is 14.7. The first-order chi connectivity index (χ1) is 9.19. The van der Waals surface area contributed by atoms with E-state index in [9.17, 15) is 0 Å². The molecule has 0 radical (unpaired) electrons. The molecule has 0 amide bonds. The summed E-state index contributed by atoms with van der Waals surface area (Å²) in [4.78, 5) is 8.09. The highest BCUT2D eigenvalue weighted by atomic mass is 32.1. The molecule has 2 N–H and O–H groups in total. The second-order valence-corrected chi connectivity index (χ2v) is 6.05. The summed E-state index contributed by atoms with van der Waals surface area (Å²) < 4.78 is 10.7. The molecule has 5 nitrogen and oxygen atoms in total. The maximum absolute atomic E-state index is 5.77. The molecule has 0 aliphatic carbocycles. The predicted molar refractivity (Wildman–Crippen MR) is 77.5 cm³/mol. The van der Waals surface area contributed by atoms with Crippen LogP contribution in [0.1, 0.15) is 23.9 Å². The van der Waals surface area contributed by atoms with Gasteiger partial charge in [0, 0.05) is 38.7 Å². The van der Waals surface area contributed by atoms with E-state index in [-0.39, 0.29) is 6.10 Å². The third-order valence-electron chi connectivity index (χ3n) is 3.70. The number of aromatic nitrogens is 1. The SMILES string of the molecule is COCc1nc(N2CCC(C)C(OC)C2)sc1CN. The zero-order valence-electron chi connectivity index (χ0n) is 11.9. The fourth-order valence-corrected chi connectivity index (χ4v) is 3.41. The van der Waals surface area contributed by atoms with Gasteiger partial charge in [0.05, 0.1) is 18.4 Å². The van der Waals surface area contributed by atoms with Crippen LogP contribution in [0.25, 0.3) is 0 Å². The molecule has 0 aromatic carbocycles. The normalized spacial score (nSPS) is 23.9. The van der Waals surface area contributed by atoms with Gasteiger partial charge in [-0.05, 0) is 12.3 Å².